The second-order valence-electron chi connectivity index (χ2n) is 6.94. The van der Waals surface area contributed by atoms with Gasteiger partial charge in [-0.25, -0.2) is 0 Å². The minimum Gasteiger partial charge on any atom is -0.493 e. The van der Waals surface area contributed by atoms with Gasteiger partial charge in [-0.2, -0.15) is 8.78 Å². The molecule has 1 unspecified atom stereocenters. The second-order valence-corrected chi connectivity index (χ2v) is 7.92. The number of halogens is 2. The average molecular weight is 439 g/mol. The number of thiophene rings is 1. The van der Waals surface area contributed by atoms with Crippen molar-refractivity contribution in [3.8, 4) is 11.5 Å². The molecule has 6 nitrogen and oxygen atoms in total. The molecule has 1 aliphatic rings. The summed E-state index contributed by atoms with van der Waals surface area (Å²) in [6.07, 6.45) is 2.46. The highest BCUT2D eigenvalue weighted by atomic mass is 32.1. The van der Waals surface area contributed by atoms with Gasteiger partial charge in [-0.05, 0) is 55.1 Å². The highest BCUT2D eigenvalue weighted by molar-refractivity contribution is 7.10. The van der Waals surface area contributed by atoms with Crippen LogP contribution in [0, 0.1) is 0 Å². The zero-order chi connectivity index (χ0) is 21.3. The molecule has 1 atom stereocenters. The summed E-state index contributed by atoms with van der Waals surface area (Å²) in [6.45, 7) is 0.458. The van der Waals surface area contributed by atoms with Gasteiger partial charge in [-0.15, -0.1) is 11.3 Å². The molecule has 0 aliphatic carbocycles. The third kappa shape index (κ3) is 6.06. The Morgan fingerprint density at radius 2 is 2.00 bits per heavy atom. The van der Waals surface area contributed by atoms with Gasteiger partial charge in [0, 0.05) is 25.0 Å². The van der Waals surface area contributed by atoms with Crippen molar-refractivity contribution in [1.29, 1.82) is 0 Å². The van der Waals surface area contributed by atoms with Gasteiger partial charge in [0.1, 0.15) is 0 Å². The topological polar surface area (TPSA) is 58.1 Å². The van der Waals surface area contributed by atoms with Crippen molar-refractivity contribution in [2.75, 3.05) is 33.8 Å². The third-order valence-corrected chi connectivity index (χ3v) is 6.02. The summed E-state index contributed by atoms with van der Waals surface area (Å²) in [5, 5.41) is 8.74. The first kappa shape index (κ1) is 22.3. The van der Waals surface area contributed by atoms with E-state index in [1.165, 1.54) is 24.8 Å². The maximum atomic E-state index is 12.6. The van der Waals surface area contributed by atoms with E-state index >= 15 is 0 Å². The molecular formula is C21H28F2N4O2S. The first-order chi connectivity index (χ1) is 14.6. The van der Waals surface area contributed by atoms with Gasteiger partial charge in [-0.1, -0.05) is 12.1 Å². The zero-order valence-electron chi connectivity index (χ0n) is 17.2. The SMILES string of the molecule is CN=C(NCc1ccc(OC)c(OC(F)F)c1)NCC(c1cccs1)N1CCCC1. The van der Waals surface area contributed by atoms with Crippen molar-refractivity contribution in [3.63, 3.8) is 0 Å². The van der Waals surface area contributed by atoms with E-state index in [1.807, 2.05) is 0 Å². The standard InChI is InChI=1S/C21H28F2N4O2S/c1-24-21(25-13-15-7-8-17(28-2)18(12-15)29-20(22)23)26-14-16(19-6-5-11-30-19)27-9-3-4-10-27/h5-8,11-12,16,20H,3-4,9-10,13-14H2,1-2H3,(H2,24,25,26). The lowest BCUT2D eigenvalue weighted by Crippen LogP contribution is -2.42. The van der Waals surface area contributed by atoms with Crippen molar-refractivity contribution < 1.29 is 18.3 Å². The highest BCUT2D eigenvalue weighted by Crippen LogP contribution is 2.30. The summed E-state index contributed by atoms with van der Waals surface area (Å²) in [7, 11) is 3.13. The highest BCUT2D eigenvalue weighted by Gasteiger charge is 2.24. The van der Waals surface area contributed by atoms with Crippen LogP contribution in [0.2, 0.25) is 0 Å². The monoisotopic (exact) mass is 438 g/mol. The summed E-state index contributed by atoms with van der Waals surface area (Å²) in [5.41, 5.74) is 0.781. The minimum absolute atomic E-state index is 0.0153. The number of methoxy groups -OCH3 is 1. The largest absolute Gasteiger partial charge is 0.493 e. The van der Waals surface area contributed by atoms with Gasteiger partial charge in [0.25, 0.3) is 0 Å². The van der Waals surface area contributed by atoms with Crippen LogP contribution in [0.3, 0.4) is 0 Å². The number of nitrogens with one attached hydrogen (secondary N) is 2. The van der Waals surface area contributed by atoms with E-state index in [1.54, 1.807) is 36.6 Å². The number of alkyl halides is 2. The molecule has 0 amide bonds. The Morgan fingerprint density at radius 1 is 1.20 bits per heavy atom. The van der Waals surface area contributed by atoms with Crippen LogP contribution in [0.25, 0.3) is 0 Å². The zero-order valence-corrected chi connectivity index (χ0v) is 18.1. The molecule has 0 radical (unpaired) electrons. The first-order valence-electron chi connectivity index (χ1n) is 9.94. The molecule has 3 rings (SSSR count). The van der Waals surface area contributed by atoms with E-state index in [2.05, 4.69) is 42.8 Å². The number of nitrogens with zero attached hydrogens (tertiary/aromatic N) is 2. The van der Waals surface area contributed by atoms with Crippen molar-refractivity contribution in [1.82, 2.24) is 15.5 Å². The van der Waals surface area contributed by atoms with Crippen LogP contribution in [0.5, 0.6) is 11.5 Å². The molecule has 0 spiro atoms. The van der Waals surface area contributed by atoms with Gasteiger partial charge in [0.05, 0.1) is 13.2 Å². The lowest BCUT2D eigenvalue weighted by Gasteiger charge is -2.27. The summed E-state index contributed by atoms with van der Waals surface area (Å²) in [6, 6.07) is 9.52. The molecule has 2 heterocycles. The molecule has 1 aliphatic heterocycles. The van der Waals surface area contributed by atoms with Crippen LogP contribution in [-0.2, 0) is 6.54 Å². The van der Waals surface area contributed by atoms with Gasteiger partial charge in [-0.3, -0.25) is 9.89 Å². The maximum Gasteiger partial charge on any atom is 0.387 e. The van der Waals surface area contributed by atoms with E-state index < -0.39 is 6.61 Å². The summed E-state index contributed by atoms with van der Waals surface area (Å²) < 4.78 is 34.9. The predicted molar refractivity (Wildman–Crippen MR) is 116 cm³/mol. The minimum atomic E-state index is -2.91. The molecule has 2 aromatic rings. The number of rotatable bonds is 9. The van der Waals surface area contributed by atoms with E-state index in [-0.39, 0.29) is 11.5 Å². The number of likely N-dealkylation sites (tertiary alicyclic amines) is 1. The van der Waals surface area contributed by atoms with Crippen LogP contribution in [0.4, 0.5) is 8.78 Å². The van der Waals surface area contributed by atoms with Crippen LogP contribution in [-0.4, -0.2) is 51.3 Å². The molecule has 0 saturated carbocycles. The van der Waals surface area contributed by atoms with E-state index in [0.717, 1.165) is 25.2 Å². The Kier molecular flexibility index (Phi) is 8.27. The van der Waals surface area contributed by atoms with Crippen LogP contribution in [0.1, 0.15) is 29.3 Å². The lowest BCUT2D eigenvalue weighted by molar-refractivity contribution is -0.0512. The van der Waals surface area contributed by atoms with Crippen LogP contribution in [0.15, 0.2) is 40.7 Å². The Bertz CT molecular complexity index is 811. The van der Waals surface area contributed by atoms with Gasteiger partial charge < -0.3 is 20.1 Å². The molecule has 2 N–H and O–H groups in total. The third-order valence-electron chi connectivity index (χ3n) is 5.04. The molecule has 9 heteroatoms. The summed E-state index contributed by atoms with van der Waals surface area (Å²) >= 11 is 1.77. The molecule has 0 bridgehead atoms. The summed E-state index contributed by atoms with van der Waals surface area (Å²) in [5.74, 6) is 0.940. The fourth-order valence-electron chi connectivity index (χ4n) is 3.56. The maximum absolute atomic E-state index is 12.6. The predicted octanol–water partition coefficient (Wildman–Crippen LogP) is 3.86. The Hall–Kier alpha value is -2.39. The van der Waals surface area contributed by atoms with E-state index in [0.29, 0.717) is 18.5 Å². The summed E-state index contributed by atoms with van der Waals surface area (Å²) in [4.78, 5) is 8.13. The Balaban J connectivity index is 1.59. The molecule has 1 fully saturated rings. The molecule has 1 aromatic heterocycles. The fourth-order valence-corrected chi connectivity index (χ4v) is 4.42. The molecular weight excluding hydrogens is 410 g/mol. The Labute approximate surface area is 179 Å². The van der Waals surface area contributed by atoms with Gasteiger partial charge in [0.15, 0.2) is 17.5 Å². The Morgan fingerprint density at radius 3 is 2.63 bits per heavy atom. The molecule has 30 heavy (non-hydrogen) atoms. The molecule has 1 aromatic carbocycles. The van der Waals surface area contributed by atoms with Crippen molar-refractivity contribution in [3.05, 3.63) is 46.2 Å². The lowest BCUT2D eigenvalue weighted by atomic mass is 10.2. The normalized spacial score (nSPS) is 16.0. The fraction of sp³-hybridized carbons (Fsp3) is 0.476. The molecule has 1 saturated heterocycles. The number of ether oxygens (including phenoxy) is 2. The van der Waals surface area contributed by atoms with Crippen LogP contribution >= 0.6 is 11.3 Å². The van der Waals surface area contributed by atoms with Crippen LogP contribution < -0.4 is 20.1 Å². The number of benzene rings is 1. The molecule has 164 valence electrons. The van der Waals surface area contributed by atoms with Gasteiger partial charge in [0.2, 0.25) is 0 Å². The van der Waals surface area contributed by atoms with Crippen molar-refractivity contribution >= 4 is 17.3 Å². The van der Waals surface area contributed by atoms with E-state index in [9.17, 15) is 8.78 Å². The number of guanidine groups is 1. The quantitative estimate of drug-likeness (QED) is 0.460. The van der Waals surface area contributed by atoms with Crippen molar-refractivity contribution in [2.24, 2.45) is 4.99 Å². The number of hydrogen-bond donors (Lipinski definition) is 2. The van der Waals surface area contributed by atoms with Gasteiger partial charge >= 0.3 is 6.61 Å². The second kappa shape index (κ2) is 11.1. The average Bonchev–Trinajstić information content (AvgIpc) is 3.45. The van der Waals surface area contributed by atoms with Crippen molar-refractivity contribution in [2.45, 2.75) is 32.0 Å². The van der Waals surface area contributed by atoms with E-state index in [4.69, 9.17) is 4.74 Å². The smallest absolute Gasteiger partial charge is 0.387 e. The number of aliphatic imine (C=N–C) groups is 1. The number of hydrogen-bond acceptors (Lipinski definition) is 5. The first-order valence-corrected chi connectivity index (χ1v) is 10.8.